The molecule has 0 N–H and O–H groups in total. The number of benzene rings is 7. The maximum absolute atomic E-state index is 9.67. The molecule has 10 rings (SSSR count). The fourth-order valence-corrected chi connectivity index (χ4v) is 9.17. The van der Waals surface area contributed by atoms with Crippen molar-refractivity contribution in [1.29, 1.82) is 5.26 Å². The van der Waals surface area contributed by atoms with Crippen LogP contribution in [0.2, 0.25) is 0 Å². The summed E-state index contributed by atoms with van der Waals surface area (Å²) in [4.78, 5) is 18.0. The Labute approximate surface area is 306 Å². The Kier molecular flexibility index (Phi) is 6.99. The maximum atomic E-state index is 9.67. The minimum atomic E-state index is -0.556. The van der Waals surface area contributed by atoms with E-state index < -0.39 is 5.41 Å². The molecule has 2 heterocycles. The number of hydrogen-bond acceptors (Lipinski definition) is 5. The molecule has 1 aromatic heterocycles. The van der Waals surface area contributed by atoms with Crippen molar-refractivity contribution in [2.45, 2.75) is 15.2 Å². The molecular formula is C47H28N4S. The Morgan fingerprint density at radius 1 is 0.404 bits per heavy atom. The number of nitrogens with zero attached hydrogens (tertiary/aromatic N) is 4. The lowest BCUT2D eigenvalue weighted by atomic mass is 9.67. The van der Waals surface area contributed by atoms with E-state index in [4.69, 9.17) is 15.0 Å². The third-order valence-corrected chi connectivity index (χ3v) is 11.4. The van der Waals surface area contributed by atoms with E-state index in [-0.39, 0.29) is 0 Å². The fraction of sp³-hybridized carbons (Fsp3) is 0.0213. The predicted molar refractivity (Wildman–Crippen MR) is 208 cm³/mol. The quantitative estimate of drug-likeness (QED) is 0.185. The van der Waals surface area contributed by atoms with Gasteiger partial charge in [0.15, 0.2) is 17.5 Å². The molecule has 0 amide bonds. The van der Waals surface area contributed by atoms with Crippen molar-refractivity contribution in [3.05, 3.63) is 198 Å². The SMILES string of the molecule is N#Cc1ccc(-c2cc3c(cc2-c2nc(-c4ccccc4)nc(-c4ccccc4)n2)C2(c4ccccc4Sc4ccccc42)c2ccccc2-3)cc1. The van der Waals surface area contributed by atoms with Gasteiger partial charge in [-0.2, -0.15) is 5.26 Å². The van der Waals surface area contributed by atoms with Gasteiger partial charge in [0.25, 0.3) is 0 Å². The van der Waals surface area contributed by atoms with Crippen LogP contribution >= 0.6 is 11.8 Å². The second-order valence-corrected chi connectivity index (χ2v) is 14.1. The first-order valence-corrected chi connectivity index (χ1v) is 18.1. The molecule has 2 aliphatic rings. The molecule has 1 aliphatic heterocycles. The molecule has 5 heteroatoms. The molecule has 0 saturated carbocycles. The Morgan fingerprint density at radius 3 is 1.52 bits per heavy atom. The van der Waals surface area contributed by atoms with Gasteiger partial charge >= 0.3 is 0 Å². The number of rotatable bonds is 4. The zero-order valence-corrected chi connectivity index (χ0v) is 28.7. The number of nitriles is 1. The van der Waals surface area contributed by atoms with E-state index >= 15 is 0 Å². The summed E-state index contributed by atoms with van der Waals surface area (Å²) in [5, 5.41) is 9.67. The highest BCUT2D eigenvalue weighted by Gasteiger charge is 2.50. The molecular weight excluding hydrogens is 653 g/mol. The topological polar surface area (TPSA) is 62.5 Å². The third kappa shape index (κ3) is 4.59. The van der Waals surface area contributed by atoms with Crippen molar-refractivity contribution in [2.75, 3.05) is 0 Å². The first-order chi connectivity index (χ1) is 25.7. The minimum absolute atomic E-state index is 0.556. The van der Waals surface area contributed by atoms with Crippen molar-refractivity contribution < 1.29 is 0 Å². The summed E-state index contributed by atoms with van der Waals surface area (Å²) in [6.45, 7) is 0. The molecule has 0 atom stereocenters. The second-order valence-electron chi connectivity index (χ2n) is 13.1. The van der Waals surface area contributed by atoms with Crippen molar-refractivity contribution in [2.24, 2.45) is 0 Å². The second kappa shape index (κ2) is 12.0. The van der Waals surface area contributed by atoms with E-state index in [0.717, 1.165) is 27.8 Å². The predicted octanol–water partition coefficient (Wildman–Crippen LogP) is 11.2. The van der Waals surface area contributed by atoms with Gasteiger partial charge in [-0.25, -0.2) is 15.0 Å². The molecule has 0 saturated heterocycles. The van der Waals surface area contributed by atoms with Crippen molar-refractivity contribution >= 4 is 11.8 Å². The van der Waals surface area contributed by atoms with Gasteiger partial charge in [-0.15, -0.1) is 0 Å². The van der Waals surface area contributed by atoms with Crippen LogP contribution in [0.5, 0.6) is 0 Å². The third-order valence-electron chi connectivity index (χ3n) is 10.3. The van der Waals surface area contributed by atoms with Crippen molar-refractivity contribution in [1.82, 2.24) is 15.0 Å². The van der Waals surface area contributed by atoms with Crippen LogP contribution < -0.4 is 0 Å². The summed E-state index contributed by atoms with van der Waals surface area (Å²) in [6.07, 6.45) is 0. The lowest BCUT2D eigenvalue weighted by Crippen LogP contribution is -2.32. The highest BCUT2D eigenvalue weighted by molar-refractivity contribution is 7.99. The van der Waals surface area contributed by atoms with E-state index in [9.17, 15) is 5.26 Å². The largest absolute Gasteiger partial charge is 0.208 e. The number of hydrogen-bond donors (Lipinski definition) is 0. The van der Waals surface area contributed by atoms with Gasteiger partial charge in [0.1, 0.15) is 0 Å². The van der Waals surface area contributed by atoms with Crippen LogP contribution in [0.15, 0.2) is 180 Å². The number of fused-ring (bicyclic) bond motifs is 9. The van der Waals surface area contributed by atoms with Crippen molar-refractivity contribution in [3.63, 3.8) is 0 Å². The summed E-state index contributed by atoms with van der Waals surface area (Å²) in [5.41, 5.74) is 12.2. The van der Waals surface area contributed by atoms with Gasteiger partial charge in [0.2, 0.25) is 0 Å². The Morgan fingerprint density at radius 2 is 0.923 bits per heavy atom. The molecule has 8 aromatic rings. The minimum Gasteiger partial charge on any atom is -0.208 e. The monoisotopic (exact) mass is 680 g/mol. The van der Waals surface area contributed by atoms with Crippen molar-refractivity contribution in [3.8, 4) is 62.5 Å². The normalized spacial score (nSPS) is 13.1. The van der Waals surface area contributed by atoms with E-state index in [1.54, 1.807) is 0 Å². The Bertz CT molecular complexity index is 2610. The molecule has 0 unspecified atom stereocenters. The van der Waals surface area contributed by atoms with Gasteiger partial charge in [-0.05, 0) is 80.9 Å². The Hall–Kier alpha value is -6.61. The summed E-state index contributed by atoms with van der Waals surface area (Å²) in [7, 11) is 0. The van der Waals surface area contributed by atoms with Crippen LogP contribution in [-0.4, -0.2) is 15.0 Å². The average molecular weight is 681 g/mol. The Balaban J connectivity index is 1.33. The standard InChI is InChI=1S/C47H28N4S/c48-29-30-23-25-31(26-24-30)35-27-36-34-17-7-8-18-38(34)47(39-19-9-11-21-42(39)52-43-22-12-10-20-40(43)47)41(36)28-37(35)46-50-44(32-13-3-1-4-14-32)49-45(51-46)33-15-5-2-6-16-33/h1-28H. The number of aromatic nitrogens is 3. The van der Waals surface area contributed by atoms with Crippen LogP contribution in [0.4, 0.5) is 0 Å². The molecule has 1 aliphatic carbocycles. The van der Waals surface area contributed by atoms with E-state index in [1.165, 1.54) is 43.2 Å². The van der Waals surface area contributed by atoms with Gasteiger partial charge < -0.3 is 0 Å². The zero-order valence-electron chi connectivity index (χ0n) is 27.9. The van der Waals surface area contributed by atoms with E-state index in [1.807, 2.05) is 96.7 Å². The highest BCUT2D eigenvalue weighted by Crippen LogP contribution is 2.63. The van der Waals surface area contributed by atoms with E-state index in [0.29, 0.717) is 23.0 Å². The van der Waals surface area contributed by atoms with Gasteiger partial charge in [-0.1, -0.05) is 145 Å². The lowest BCUT2D eigenvalue weighted by molar-refractivity contribution is 0.722. The molecule has 0 radical (unpaired) electrons. The summed E-state index contributed by atoms with van der Waals surface area (Å²) in [5.74, 6) is 1.81. The first kappa shape index (κ1) is 30.2. The van der Waals surface area contributed by atoms with Gasteiger partial charge in [-0.3, -0.25) is 0 Å². The zero-order chi connectivity index (χ0) is 34.6. The van der Waals surface area contributed by atoms with Crippen LogP contribution in [0.3, 0.4) is 0 Å². The van der Waals surface area contributed by atoms with Crippen LogP contribution in [-0.2, 0) is 5.41 Å². The van der Waals surface area contributed by atoms with Crippen LogP contribution in [0, 0.1) is 11.3 Å². The highest BCUT2D eigenvalue weighted by atomic mass is 32.2. The summed E-state index contributed by atoms with van der Waals surface area (Å²) < 4.78 is 0. The van der Waals surface area contributed by atoms with Gasteiger partial charge in [0, 0.05) is 26.5 Å². The van der Waals surface area contributed by atoms with E-state index in [2.05, 4.69) is 91.0 Å². The summed E-state index contributed by atoms with van der Waals surface area (Å²) in [6, 6.07) is 61.5. The average Bonchev–Trinajstić information content (AvgIpc) is 3.50. The van der Waals surface area contributed by atoms with Crippen LogP contribution in [0.1, 0.15) is 27.8 Å². The lowest BCUT2D eigenvalue weighted by Gasteiger charge is -2.39. The maximum Gasteiger partial charge on any atom is 0.164 e. The molecule has 52 heavy (non-hydrogen) atoms. The molecule has 7 aromatic carbocycles. The molecule has 1 spiro atoms. The summed E-state index contributed by atoms with van der Waals surface area (Å²) >= 11 is 1.84. The van der Waals surface area contributed by atoms with Crippen LogP contribution in [0.25, 0.3) is 56.4 Å². The molecule has 4 nitrogen and oxygen atoms in total. The fourth-order valence-electron chi connectivity index (χ4n) is 7.97. The molecule has 0 fully saturated rings. The smallest absolute Gasteiger partial charge is 0.164 e. The molecule has 0 bridgehead atoms. The molecule has 242 valence electrons. The first-order valence-electron chi connectivity index (χ1n) is 17.3. The van der Waals surface area contributed by atoms with Gasteiger partial charge in [0.05, 0.1) is 17.0 Å².